The number of aliphatic hydroxyl groups is 5. The van der Waals surface area contributed by atoms with Crippen LogP contribution in [0.3, 0.4) is 0 Å². The maximum absolute atomic E-state index is 13.0. The number of esters is 1. The maximum atomic E-state index is 13.0. The Hall–Kier alpha value is -2.38. The molecule has 1 saturated heterocycles. The molecule has 11 heteroatoms. The molecule has 7 atom stereocenters. The lowest BCUT2D eigenvalue weighted by molar-refractivity contribution is -0.302. The summed E-state index contributed by atoms with van der Waals surface area (Å²) < 4.78 is 16.7. The van der Waals surface area contributed by atoms with E-state index in [4.69, 9.17) is 14.2 Å². The van der Waals surface area contributed by atoms with Gasteiger partial charge in [-0.25, -0.2) is 0 Å². The molecule has 0 aromatic carbocycles. The van der Waals surface area contributed by atoms with Crippen molar-refractivity contribution in [3.05, 3.63) is 48.6 Å². The Labute approximate surface area is 516 Å². The highest BCUT2D eigenvalue weighted by Crippen LogP contribution is 2.23. The number of ether oxygens (including phenoxy) is 3. The SMILES string of the molecule is CCCC/C=C\C/C=C\CCCCCCCC(=O)OCCCCCCCCCCCCCC/C=C\CCCCCCCCCCCCCCCCCCCC(=O)NC(COC1OC(CO)C(O)C(O)C1O)C(O)/C=C/CCCCCCCCC. The van der Waals surface area contributed by atoms with Crippen LogP contribution in [0, 0.1) is 0 Å². The zero-order chi connectivity index (χ0) is 60.9. The summed E-state index contributed by atoms with van der Waals surface area (Å²) in [5, 5.41) is 54.3. The standard InChI is InChI=1S/C73H135NO10/c1-3-5-7-9-11-13-14-15-38-41-45-49-53-57-61-69(78)82-62-58-54-50-46-42-39-36-34-32-30-28-26-24-22-20-18-16-17-19-21-23-25-27-29-31-33-35-37-40-44-48-52-56-60-68(77)74-65(66(76)59-55-51-47-43-12-10-8-6-4-2)64-83-73-72(81)71(80)70(79)67(63-75)84-73/h9,11,14-15,20,22,55,59,65-67,70-73,75-76,79-81H,3-8,10,12-13,16-19,21,23-54,56-58,60-64H2,1-2H3,(H,74,77)/b11-9-,15-14-,22-20-,59-55+. The molecule has 0 aliphatic carbocycles. The van der Waals surface area contributed by atoms with E-state index in [1.54, 1.807) is 6.08 Å². The van der Waals surface area contributed by atoms with Crippen LogP contribution in [0.5, 0.6) is 0 Å². The number of hydrogen-bond acceptors (Lipinski definition) is 10. The van der Waals surface area contributed by atoms with Crippen molar-refractivity contribution in [1.29, 1.82) is 0 Å². The van der Waals surface area contributed by atoms with Crippen LogP contribution in [0.2, 0.25) is 0 Å². The molecule has 1 aliphatic rings. The van der Waals surface area contributed by atoms with Crippen LogP contribution < -0.4 is 5.32 Å². The molecule has 1 amide bonds. The van der Waals surface area contributed by atoms with Crippen molar-refractivity contribution < 1.29 is 49.3 Å². The molecule has 7 unspecified atom stereocenters. The monoisotopic (exact) mass is 1190 g/mol. The molecule has 1 rings (SSSR count). The van der Waals surface area contributed by atoms with Gasteiger partial charge in [-0.1, -0.05) is 294 Å². The minimum atomic E-state index is -1.57. The number of nitrogens with one attached hydrogen (secondary N) is 1. The molecule has 0 saturated carbocycles. The van der Waals surface area contributed by atoms with Gasteiger partial charge in [0, 0.05) is 12.8 Å². The third kappa shape index (κ3) is 50.6. The molecule has 6 N–H and O–H groups in total. The Balaban J connectivity index is 1.90. The van der Waals surface area contributed by atoms with E-state index < -0.39 is 49.5 Å². The summed E-state index contributed by atoms with van der Waals surface area (Å²) >= 11 is 0. The third-order valence-corrected chi connectivity index (χ3v) is 16.9. The van der Waals surface area contributed by atoms with Crippen molar-refractivity contribution in [1.82, 2.24) is 5.32 Å². The van der Waals surface area contributed by atoms with Crippen LogP contribution in [0.25, 0.3) is 0 Å². The van der Waals surface area contributed by atoms with Gasteiger partial charge < -0.3 is 45.1 Å². The summed E-state index contributed by atoms with van der Waals surface area (Å²) in [5.74, 6) is -0.183. The van der Waals surface area contributed by atoms with Crippen LogP contribution in [-0.2, 0) is 23.8 Å². The van der Waals surface area contributed by atoms with Gasteiger partial charge in [0.1, 0.15) is 24.4 Å². The molecule has 0 radical (unpaired) electrons. The zero-order valence-corrected chi connectivity index (χ0v) is 54.6. The fourth-order valence-corrected chi connectivity index (χ4v) is 11.2. The lowest BCUT2D eigenvalue weighted by atomic mass is 9.99. The lowest BCUT2D eigenvalue weighted by Crippen LogP contribution is -2.60. The van der Waals surface area contributed by atoms with E-state index >= 15 is 0 Å². The molecule has 1 fully saturated rings. The van der Waals surface area contributed by atoms with E-state index in [0.29, 0.717) is 19.4 Å². The number of amides is 1. The minimum Gasteiger partial charge on any atom is -0.466 e. The Bertz CT molecular complexity index is 1530. The highest BCUT2D eigenvalue weighted by Gasteiger charge is 2.44. The average Bonchev–Trinajstić information content (AvgIpc) is 3.70. The highest BCUT2D eigenvalue weighted by molar-refractivity contribution is 5.76. The van der Waals surface area contributed by atoms with Gasteiger partial charge in [-0.2, -0.15) is 0 Å². The van der Waals surface area contributed by atoms with E-state index in [1.165, 1.54) is 250 Å². The molecular formula is C73H135NO10. The number of aliphatic hydroxyl groups excluding tert-OH is 5. The van der Waals surface area contributed by atoms with Gasteiger partial charge in [-0.05, 0) is 83.5 Å². The van der Waals surface area contributed by atoms with Crippen molar-refractivity contribution in [3.63, 3.8) is 0 Å². The molecule has 84 heavy (non-hydrogen) atoms. The third-order valence-electron chi connectivity index (χ3n) is 16.9. The first kappa shape index (κ1) is 79.6. The van der Waals surface area contributed by atoms with Crippen LogP contribution in [0.1, 0.15) is 341 Å². The Kier molecular flexibility index (Phi) is 59.0. The largest absolute Gasteiger partial charge is 0.466 e. The zero-order valence-electron chi connectivity index (χ0n) is 54.6. The molecule has 492 valence electrons. The topological polar surface area (TPSA) is 175 Å². The van der Waals surface area contributed by atoms with Crippen LogP contribution in [0.4, 0.5) is 0 Å². The van der Waals surface area contributed by atoms with Gasteiger partial charge in [0.25, 0.3) is 0 Å². The number of rotatable bonds is 63. The maximum Gasteiger partial charge on any atom is 0.305 e. The van der Waals surface area contributed by atoms with Crippen molar-refractivity contribution in [3.8, 4) is 0 Å². The van der Waals surface area contributed by atoms with Gasteiger partial charge in [0.05, 0.1) is 32.0 Å². The second-order valence-electron chi connectivity index (χ2n) is 24.9. The summed E-state index contributed by atoms with van der Waals surface area (Å²) in [6.07, 6.45) is 71.3. The van der Waals surface area contributed by atoms with Crippen LogP contribution in [0.15, 0.2) is 48.6 Å². The Morgan fingerprint density at radius 1 is 0.440 bits per heavy atom. The molecule has 0 aromatic heterocycles. The van der Waals surface area contributed by atoms with Crippen molar-refractivity contribution >= 4 is 11.9 Å². The van der Waals surface area contributed by atoms with Gasteiger partial charge in [-0.15, -0.1) is 0 Å². The first-order chi connectivity index (χ1) is 41.2. The Morgan fingerprint density at radius 2 is 0.810 bits per heavy atom. The predicted molar refractivity (Wildman–Crippen MR) is 352 cm³/mol. The molecule has 0 spiro atoms. The quantitative estimate of drug-likeness (QED) is 0.0195. The van der Waals surface area contributed by atoms with Gasteiger partial charge in [0.15, 0.2) is 6.29 Å². The summed E-state index contributed by atoms with van der Waals surface area (Å²) in [6, 6.07) is -0.806. The predicted octanol–water partition coefficient (Wildman–Crippen LogP) is 18.4. The Morgan fingerprint density at radius 3 is 1.25 bits per heavy atom. The molecule has 1 heterocycles. The van der Waals surface area contributed by atoms with E-state index in [9.17, 15) is 35.1 Å². The molecule has 11 nitrogen and oxygen atoms in total. The summed E-state index contributed by atoms with van der Waals surface area (Å²) in [6.45, 7) is 4.30. The molecular weight excluding hydrogens is 1050 g/mol. The summed E-state index contributed by atoms with van der Waals surface area (Å²) in [5.41, 5.74) is 0. The minimum absolute atomic E-state index is 0.00334. The van der Waals surface area contributed by atoms with Gasteiger partial charge >= 0.3 is 5.97 Å². The van der Waals surface area contributed by atoms with E-state index in [1.807, 2.05) is 6.08 Å². The van der Waals surface area contributed by atoms with Gasteiger partial charge in [0.2, 0.25) is 5.91 Å². The van der Waals surface area contributed by atoms with Crippen molar-refractivity contribution in [2.24, 2.45) is 0 Å². The molecule has 1 aliphatic heterocycles. The van der Waals surface area contributed by atoms with Crippen molar-refractivity contribution in [2.45, 2.75) is 384 Å². The van der Waals surface area contributed by atoms with Gasteiger partial charge in [-0.3, -0.25) is 9.59 Å². The second-order valence-corrected chi connectivity index (χ2v) is 24.9. The first-order valence-electron chi connectivity index (χ1n) is 35.9. The fraction of sp³-hybridized carbons (Fsp3) is 0.863. The highest BCUT2D eigenvalue weighted by atomic mass is 16.7. The summed E-state index contributed by atoms with van der Waals surface area (Å²) in [4.78, 5) is 25.1. The number of unbranched alkanes of at least 4 members (excludes halogenated alkanes) is 43. The number of hydrogen-bond donors (Lipinski definition) is 6. The lowest BCUT2D eigenvalue weighted by Gasteiger charge is -2.40. The number of allylic oxidation sites excluding steroid dienone is 7. The molecule has 0 bridgehead atoms. The fourth-order valence-electron chi connectivity index (χ4n) is 11.2. The summed E-state index contributed by atoms with van der Waals surface area (Å²) in [7, 11) is 0. The normalized spacial score (nSPS) is 18.3. The number of carbonyl (C=O) groups excluding carboxylic acids is 2. The van der Waals surface area contributed by atoms with Crippen LogP contribution in [-0.4, -0.2) is 100 Å². The van der Waals surface area contributed by atoms with E-state index in [2.05, 4.69) is 55.6 Å². The van der Waals surface area contributed by atoms with Crippen LogP contribution >= 0.6 is 0 Å². The number of carbonyl (C=O) groups is 2. The van der Waals surface area contributed by atoms with Crippen molar-refractivity contribution in [2.75, 3.05) is 19.8 Å². The van der Waals surface area contributed by atoms with E-state index in [0.717, 1.165) is 64.2 Å². The second kappa shape index (κ2) is 62.2. The van der Waals surface area contributed by atoms with E-state index in [-0.39, 0.29) is 18.5 Å². The smallest absolute Gasteiger partial charge is 0.305 e. The molecule has 0 aromatic rings. The first-order valence-corrected chi connectivity index (χ1v) is 35.9. The average molecular weight is 1190 g/mol.